The largest absolute Gasteiger partial charge is 0.444 e. The average molecular weight is 370 g/mol. The van der Waals surface area contributed by atoms with Gasteiger partial charge in [0.05, 0.1) is 16.7 Å². The topological polar surface area (TPSA) is 97.7 Å². The maximum Gasteiger partial charge on any atom is 0.282 e. The van der Waals surface area contributed by atoms with Gasteiger partial charge in [0, 0.05) is 11.6 Å². The van der Waals surface area contributed by atoms with Gasteiger partial charge in [0.15, 0.2) is 0 Å². The number of furan rings is 1. The Hall–Kier alpha value is -3.45. The number of para-hydroxylation sites is 1. The molecule has 1 aromatic heterocycles. The van der Waals surface area contributed by atoms with Crippen LogP contribution < -0.4 is 5.43 Å². The molecule has 0 unspecified atom stereocenters. The van der Waals surface area contributed by atoms with Crippen LogP contribution in [0.4, 0.5) is 5.69 Å². The minimum Gasteiger partial charge on any atom is -0.444 e. The van der Waals surface area contributed by atoms with Crippen LogP contribution in [0, 0.1) is 10.1 Å². The first-order valence-electron chi connectivity index (χ1n) is 7.48. The molecule has 0 fully saturated rings. The quantitative estimate of drug-likeness (QED) is 0.412. The Kier molecular flexibility index (Phi) is 5.09. The molecule has 1 amide bonds. The standard InChI is InChI=1S/C18H12ClN3O4/c19-17-13(10-16(26-17)12-6-2-1-3-7-12)11-20-21-18(23)14-8-4-5-9-15(14)22(24)25/h1-11H,(H,21,23). The van der Waals surface area contributed by atoms with E-state index in [0.717, 1.165) is 5.56 Å². The lowest BCUT2D eigenvalue weighted by molar-refractivity contribution is -0.385. The third kappa shape index (κ3) is 3.79. The number of nitrogens with one attached hydrogen (secondary N) is 1. The van der Waals surface area contributed by atoms with Crippen LogP contribution in [0.3, 0.4) is 0 Å². The van der Waals surface area contributed by atoms with E-state index in [1.165, 1.54) is 30.5 Å². The molecule has 0 radical (unpaired) electrons. The second-order valence-corrected chi connectivity index (χ2v) is 5.52. The molecule has 1 N–H and O–H groups in total. The van der Waals surface area contributed by atoms with Crippen molar-refractivity contribution in [1.82, 2.24) is 5.43 Å². The average Bonchev–Trinajstić information content (AvgIpc) is 3.03. The SMILES string of the molecule is O=C(NN=Cc1cc(-c2ccccc2)oc1Cl)c1ccccc1[N+](=O)[O-]. The predicted octanol–water partition coefficient (Wildman–Crippen LogP) is 4.27. The van der Waals surface area contributed by atoms with Crippen LogP contribution in [0.25, 0.3) is 11.3 Å². The van der Waals surface area contributed by atoms with E-state index in [0.29, 0.717) is 11.3 Å². The van der Waals surface area contributed by atoms with Crippen molar-refractivity contribution in [2.75, 3.05) is 0 Å². The van der Waals surface area contributed by atoms with E-state index in [9.17, 15) is 14.9 Å². The lowest BCUT2D eigenvalue weighted by atomic mass is 10.1. The summed E-state index contributed by atoms with van der Waals surface area (Å²) in [5.41, 5.74) is 3.17. The van der Waals surface area contributed by atoms with Gasteiger partial charge in [-0.1, -0.05) is 42.5 Å². The summed E-state index contributed by atoms with van der Waals surface area (Å²) in [6.07, 6.45) is 1.31. The number of amides is 1. The molecule has 26 heavy (non-hydrogen) atoms. The molecule has 0 atom stereocenters. The van der Waals surface area contributed by atoms with E-state index in [4.69, 9.17) is 16.0 Å². The minimum atomic E-state index is -0.698. The van der Waals surface area contributed by atoms with Gasteiger partial charge in [-0.25, -0.2) is 5.43 Å². The van der Waals surface area contributed by atoms with Crippen molar-refractivity contribution in [2.45, 2.75) is 0 Å². The van der Waals surface area contributed by atoms with E-state index in [2.05, 4.69) is 10.5 Å². The third-order valence-electron chi connectivity index (χ3n) is 3.49. The first-order chi connectivity index (χ1) is 12.6. The summed E-state index contributed by atoms with van der Waals surface area (Å²) in [6.45, 7) is 0. The number of nitro benzene ring substituents is 1. The van der Waals surface area contributed by atoms with Crippen LogP contribution in [0.5, 0.6) is 0 Å². The summed E-state index contributed by atoms with van der Waals surface area (Å²) in [5.74, 6) is -0.140. The number of halogens is 1. The molecule has 7 nitrogen and oxygen atoms in total. The zero-order valence-electron chi connectivity index (χ0n) is 13.3. The minimum absolute atomic E-state index is 0.0853. The third-order valence-corrected chi connectivity index (χ3v) is 3.78. The summed E-state index contributed by atoms with van der Waals surface area (Å²) < 4.78 is 5.47. The van der Waals surface area contributed by atoms with Crippen molar-refractivity contribution >= 4 is 29.4 Å². The number of carbonyl (C=O) groups excluding carboxylic acids is 1. The molecule has 3 aromatic rings. The monoisotopic (exact) mass is 369 g/mol. The number of hydrazone groups is 1. The molecule has 0 spiro atoms. The van der Waals surface area contributed by atoms with Gasteiger partial charge in [0.25, 0.3) is 11.6 Å². The number of hydrogen-bond donors (Lipinski definition) is 1. The van der Waals surface area contributed by atoms with Crippen LogP contribution in [0.15, 0.2) is 70.2 Å². The summed E-state index contributed by atoms with van der Waals surface area (Å²) in [7, 11) is 0. The lowest BCUT2D eigenvalue weighted by Crippen LogP contribution is -2.18. The summed E-state index contributed by atoms with van der Waals surface area (Å²) in [5, 5.41) is 14.9. The number of nitrogens with zero attached hydrogens (tertiary/aromatic N) is 2. The fraction of sp³-hybridized carbons (Fsp3) is 0. The first-order valence-corrected chi connectivity index (χ1v) is 7.85. The number of nitro groups is 1. The smallest absolute Gasteiger partial charge is 0.282 e. The molecule has 0 saturated carbocycles. The molecule has 0 aliphatic carbocycles. The van der Waals surface area contributed by atoms with Crippen LogP contribution in [-0.4, -0.2) is 17.0 Å². The molecule has 3 rings (SSSR count). The Labute approximate surface area is 153 Å². The Morgan fingerprint density at radius 2 is 1.85 bits per heavy atom. The highest BCUT2D eigenvalue weighted by molar-refractivity contribution is 6.31. The fourth-order valence-corrected chi connectivity index (χ4v) is 2.45. The van der Waals surface area contributed by atoms with Crippen molar-refractivity contribution in [3.05, 3.63) is 87.1 Å². The van der Waals surface area contributed by atoms with Crippen molar-refractivity contribution in [3.63, 3.8) is 0 Å². The van der Waals surface area contributed by atoms with Gasteiger partial charge in [0.2, 0.25) is 5.22 Å². The summed E-state index contributed by atoms with van der Waals surface area (Å²) in [6, 6.07) is 16.6. The predicted molar refractivity (Wildman–Crippen MR) is 97.3 cm³/mol. The number of benzene rings is 2. The van der Waals surface area contributed by atoms with E-state index in [-0.39, 0.29) is 16.5 Å². The molecule has 0 bridgehead atoms. The van der Waals surface area contributed by atoms with Crippen LogP contribution in [0.2, 0.25) is 5.22 Å². The number of rotatable bonds is 5. The summed E-state index contributed by atoms with van der Waals surface area (Å²) >= 11 is 6.03. The van der Waals surface area contributed by atoms with Gasteiger partial charge < -0.3 is 4.42 Å². The summed E-state index contributed by atoms with van der Waals surface area (Å²) in [4.78, 5) is 22.4. The number of hydrogen-bond acceptors (Lipinski definition) is 5. The molecule has 0 aliphatic rings. The van der Waals surface area contributed by atoms with Crippen molar-refractivity contribution in [1.29, 1.82) is 0 Å². The first kappa shape index (κ1) is 17.4. The Balaban J connectivity index is 1.75. The molecule has 0 saturated heterocycles. The van der Waals surface area contributed by atoms with Gasteiger partial charge >= 0.3 is 0 Å². The molecule has 1 heterocycles. The highest BCUT2D eigenvalue weighted by atomic mass is 35.5. The van der Waals surface area contributed by atoms with E-state index >= 15 is 0 Å². The number of carbonyl (C=O) groups is 1. The maximum atomic E-state index is 12.1. The van der Waals surface area contributed by atoms with Gasteiger partial charge in [-0.2, -0.15) is 5.10 Å². The molecule has 8 heteroatoms. The molecule has 2 aromatic carbocycles. The maximum absolute atomic E-state index is 12.1. The van der Waals surface area contributed by atoms with Crippen LogP contribution in [-0.2, 0) is 0 Å². The molecular weight excluding hydrogens is 358 g/mol. The van der Waals surface area contributed by atoms with E-state index < -0.39 is 10.8 Å². The van der Waals surface area contributed by atoms with Crippen LogP contribution >= 0.6 is 11.6 Å². The second kappa shape index (κ2) is 7.62. The lowest BCUT2D eigenvalue weighted by Gasteiger charge is -2.00. The van der Waals surface area contributed by atoms with Gasteiger partial charge in [-0.05, 0) is 23.7 Å². The van der Waals surface area contributed by atoms with Crippen molar-refractivity contribution in [3.8, 4) is 11.3 Å². The Morgan fingerprint density at radius 1 is 1.15 bits per heavy atom. The van der Waals surface area contributed by atoms with Crippen LogP contribution in [0.1, 0.15) is 15.9 Å². The van der Waals surface area contributed by atoms with E-state index in [1.807, 2.05) is 30.3 Å². The van der Waals surface area contributed by atoms with Gasteiger partial charge in [-0.3, -0.25) is 14.9 Å². The fourth-order valence-electron chi connectivity index (χ4n) is 2.26. The van der Waals surface area contributed by atoms with Gasteiger partial charge in [-0.15, -0.1) is 0 Å². The highest BCUT2D eigenvalue weighted by Gasteiger charge is 2.18. The van der Waals surface area contributed by atoms with Crippen molar-refractivity contribution < 1.29 is 14.1 Å². The van der Waals surface area contributed by atoms with Gasteiger partial charge in [0.1, 0.15) is 11.3 Å². The molecule has 0 aliphatic heterocycles. The van der Waals surface area contributed by atoms with E-state index in [1.54, 1.807) is 6.07 Å². The normalized spacial score (nSPS) is 10.8. The zero-order chi connectivity index (χ0) is 18.5. The Bertz CT molecular complexity index is 983. The van der Waals surface area contributed by atoms with Crippen molar-refractivity contribution in [2.24, 2.45) is 5.10 Å². The highest BCUT2D eigenvalue weighted by Crippen LogP contribution is 2.27. The zero-order valence-corrected chi connectivity index (χ0v) is 14.0. The molecule has 130 valence electrons. The molecular formula is C18H12ClN3O4. The Morgan fingerprint density at radius 3 is 2.58 bits per heavy atom. The second-order valence-electron chi connectivity index (χ2n) is 5.18.